The predicted octanol–water partition coefficient (Wildman–Crippen LogP) is 4.30. The van der Waals surface area contributed by atoms with Crippen molar-refractivity contribution in [3.05, 3.63) is 89.1 Å². The minimum absolute atomic E-state index is 0.135. The molecule has 0 amide bonds. The average Bonchev–Trinajstić information content (AvgIpc) is 3.51. The van der Waals surface area contributed by atoms with E-state index in [-0.39, 0.29) is 5.52 Å². The summed E-state index contributed by atoms with van der Waals surface area (Å²) in [7, 11) is -1.48. The number of anilines is 1. The quantitative estimate of drug-likeness (QED) is 0.328. The lowest BCUT2D eigenvalue weighted by Gasteiger charge is -2.40. The molecule has 1 N–H and O–H groups in total. The molecule has 190 valence electrons. The molecule has 4 heterocycles. The van der Waals surface area contributed by atoms with Crippen LogP contribution in [0.4, 0.5) is 10.2 Å². The predicted molar refractivity (Wildman–Crippen MR) is 142 cm³/mol. The molecule has 0 unspecified atom stereocenters. The second-order valence-corrected chi connectivity index (χ2v) is 10.4. The van der Waals surface area contributed by atoms with Gasteiger partial charge in [-0.15, -0.1) is 0 Å². The van der Waals surface area contributed by atoms with Gasteiger partial charge in [0.1, 0.15) is 17.8 Å². The van der Waals surface area contributed by atoms with Gasteiger partial charge in [-0.3, -0.25) is 9.36 Å². The zero-order valence-electron chi connectivity index (χ0n) is 20.7. The Hall–Kier alpha value is -4.12. The molecule has 37 heavy (non-hydrogen) atoms. The summed E-state index contributed by atoms with van der Waals surface area (Å²) in [5.41, 5.74) is -0.504. The van der Waals surface area contributed by atoms with Crippen LogP contribution in [0.3, 0.4) is 0 Å². The number of benzene rings is 1. The summed E-state index contributed by atoms with van der Waals surface area (Å²) in [5.74, 6) is 0.281. The van der Waals surface area contributed by atoms with Gasteiger partial charge < -0.3 is 9.88 Å². The molecular formula is C26H26FN7O2S. The van der Waals surface area contributed by atoms with Gasteiger partial charge in [-0.1, -0.05) is 31.7 Å². The Morgan fingerprint density at radius 3 is 2.68 bits per heavy atom. The van der Waals surface area contributed by atoms with Crippen LogP contribution < -0.4 is 10.5 Å². The average molecular weight is 520 g/mol. The van der Waals surface area contributed by atoms with Crippen molar-refractivity contribution in [2.75, 3.05) is 11.4 Å². The van der Waals surface area contributed by atoms with Crippen molar-refractivity contribution in [3.63, 3.8) is 0 Å². The molecule has 0 aliphatic carbocycles. The molecule has 1 atom stereocenters. The number of H-pyrrole nitrogens is 1. The summed E-state index contributed by atoms with van der Waals surface area (Å²) in [6.07, 6.45) is 5.26. The summed E-state index contributed by atoms with van der Waals surface area (Å²) >= 11 is 0. The first-order valence-electron chi connectivity index (χ1n) is 11.8. The van der Waals surface area contributed by atoms with Crippen LogP contribution in [0.5, 0.6) is 0 Å². The first kappa shape index (κ1) is 24.6. The molecule has 0 radical (unpaired) electrons. The van der Waals surface area contributed by atoms with Gasteiger partial charge in [-0.2, -0.15) is 5.10 Å². The van der Waals surface area contributed by atoms with E-state index >= 15 is 0 Å². The second-order valence-electron chi connectivity index (χ2n) is 9.01. The number of para-hydroxylation sites is 1. The first-order chi connectivity index (χ1) is 17.8. The van der Waals surface area contributed by atoms with Crippen LogP contribution in [0, 0.1) is 5.82 Å². The molecule has 11 heteroatoms. The third-order valence-corrected chi connectivity index (χ3v) is 7.42. The number of halogens is 1. The Balaban J connectivity index is 1.82. The number of aromatic nitrogens is 6. The van der Waals surface area contributed by atoms with Gasteiger partial charge in [-0.05, 0) is 38.5 Å². The van der Waals surface area contributed by atoms with Crippen molar-refractivity contribution in [1.29, 1.82) is 0 Å². The van der Waals surface area contributed by atoms with E-state index in [4.69, 9.17) is 5.10 Å². The lowest BCUT2D eigenvalue weighted by atomic mass is 9.99. The highest BCUT2D eigenvalue weighted by molar-refractivity contribution is 7.88. The standard InChI is InChI=1S/C26H26FN7O2S/c1-5-13-32(23-20-19(37(36)6-2)15-28-22(20)29-16-30-23)26(3,4)25-31-33-14-12-18(27)21(33)24(35)34(25)17-10-8-7-9-11-17/h6-12,14-16H,2,5,13H2,1,3-4H3,(H,28,29,30)/t37-/m1/s1. The van der Waals surface area contributed by atoms with E-state index in [0.717, 1.165) is 6.42 Å². The van der Waals surface area contributed by atoms with Gasteiger partial charge in [0.15, 0.2) is 17.2 Å². The Morgan fingerprint density at radius 2 is 1.97 bits per heavy atom. The number of hydrogen-bond donors (Lipinski definition) is 1. The molecule has 4 aromatic heterocycles. The monoisotopic (exact) mass is 519 g/mol. The Morgan fingerprint density at radius 1 is 1.22 bits per heavy atom. The molecule has 0 saturated heterocycles. The molecule has 5 rings (SSSR count). The van der Waals surface area contributed by atoms with E-state index in [1.807, 2.05) is 43.9 Å². The van der Waals surface area contributed by atoms with Crippen LogP contribution in [0.2, 0.25) is 0 Å². The van der Waals surface area contributed by atoms with Crippen LogP contribution in [0.25, 0.3) is 22.2 Å². The van der Waals surface area contributed by atoms with E-state index in [1.54, 1.807) is 18.3 Å². The second kappa shape index (κ2) is 9.40. The van der Waals surface area contributed by atoms with Crippen LogP contribution >= 0.6 is 0 Å². The molecule has 0 fully saturated rings. The van der Waals surface area contributed by atoms with Crippen molar-refractivity contribution in [1.82, 2.24) is 29.1 Å². The summed E-state index contributed by atoms with van der Waals surface area (Å²) in [4.78, 5) is 28.2. The Labute approximate surface area is 214 Å². The molecule has 5 aromatic rings. The van der Waals surface area contributed by atoms with E-state index in [2.05, 4.69) is 21.5 Å². The van der Waals surface area contributed by atoms with Gasteiger partial charge in [0.2, 0.25) is 0 Å². The van der Waals surface area contributed by atoms with Crippen molar-refractivity contribution < 1.29 is 8.60 Å². The Kier molecular flexibility index (Phi) is 6.24. The number of nitrogens with one attached hydrogen (secondary N) is 1. The topological polar surface area (TPSA) is 101 Å². The highest BCUT2D eigenvalue weighted by Gasteiger charge is 2.37. The number of nitrogens with zero attached hydrogens (tertiary/aromatic N) is 6. The fourth-order valence-corrected chi connectivity index (χ4v) is 5.35. The maximum Gasteiger partial charge on any atom is 0.285 e. The lowest BCUT2D eigenvalue weighted by Crippen LogP contribution is -2.47. The highest BCUT2D eigenvalue weighted by Crippen LogP contribution is 2.37. The smallest absolute Gasteiger partial charge is 0.285 e. The Bertz CT molecular complexity index is 1710. The summed E-state index contributed by atoms with van der Waals surface area (Å²) in [5, 5.41) is 6.71. The maximum atomic E-state index is 14.6. The fraction of sp³-hybridized carbons (Fsp3) is 0.231. The number of aromatic amines is 1. The molecular weight excluding hydrogens is 493 g/mol. The summed E-state index contributed by atoms with van der Waals surface area (Å²) in [6, 6.07) is 10.3. The van der Waals surface area contributed by atoms with Gasteiger partial charge in [0.05, 0.1) is 32.3 Å². The van der Waals surface area contributed by atoms with E-state index in [9.17, 15) is 13.4 Å². The largest absolute Gasteiger partial charge is 0.345 e. The van der Waals surface area contributed by atoms with Crippen LogP contribution in [-0.2, 0) is 16.3 Å². The minimum Gasteiger partial charge on any atom is -0.345 e. The minimum atomic E-state index is -1.48. The molecule has 0 saturated carbocycles. The van der Waals surface area contributed by atoms with Crippen molar-refractivity contribution >= 4 is 33.2 Å². The van der Waals surface area contributed by atoms with Gasteiger partial charge in [-0.25, -0.2) is 23.1 Å². The number of fused-ring (bicyclic) bond motifs is 2. The molecule has 1 aromatic carbocycles. The molecule has 0 aliphatic rings. The maximum absolute atomic E-state index is 14.6. The zero-order chi connectivity index (χ0) is 26.3. The van der Waals surface area contributed by atoms with Gasteiger partial charge >= 0.3 is 0 Å². The summed E-state index contributed by atoms with van der Waals surface area (Å²) < 4.78 is 30.1. The van der Waals surface area contributed by atoms with Crippen molar-refractivity contribution in [2.24, 2.45) is 0 Å². The molecule has 0 bridgehead atoms. The zero-order valence-corrected chi connectivity index (χ0v) is 21.5. The lowest BCUT2D eigenvalue weighted by molar-refractivity contribution is 0.425. The van der Waals surface area contributed by atoms with Crippen LogP contribution in [0.15, 0.2) is 76.8 Å². The van der Waals surface area contributed by atoms with E-state index in [0.29, 0.717) is 39.8 Å². The third kappa shape index (κ3) is 3.95. The molecule has 0 aliphatic heterocycles. The first-order valence-corrected chi connectivity index (χ1v) is 13.0. The number of hydrogen-bond acceptors (Lipinski definition) is 6. The van der Waals surface area contributed by atoms with E-state index in [1.165, 1.54) is 33.1 Å². The van der Waals surface area contributed by atoms with Crippen molar-refractivity contribution in [3.8, 4) is 5.69 Å². The third-order valence-electron chi connectivity index (χ3n) is 6.36. The van der Waals surface area contributed by atoms with Crippen LogP contribution in [-0.4, -0.2) is 39.9 Å². The van der Waals surface area contributed by atoms with Gasteiger partial charge in [0.25, 0.3) is 5.56 Å². The highest BCUT2D eigenvalue weighted by atomic mass is 32.2. The van der Waals surface area contributed by atoms with E-state index < -0.39 is 27.7 Å². The molecule has 9 nitrogen and oxygen atoms in total. The van der Waals surface area contributed by atoms with Crippen LogP contribution in [0.1, 0.15) is 33.0 Å². The molecule has 0 spiro atoms. The summed E-state index contributed by atoms with van der Waals surface area (Å²) in [6.45, 7) is 10.1. The number of rotatable bonds is 8. The normalized spacial score (nSPS) is 12.8. The van der Waals surface area contributed by atoms with Crippen molar-refractivity contribution in [2.45, 2.75) is 37.6 Å². The van der Waals surface area contributed by atoms with Gasteiger partial charge in [0, 0.05) is 24.3 Å². The SMILES string of the molecule is C=C[S@@](=O)c1c[nH]c2ncnc(N(CCC)C(C)(C)c3nn4ccc(F)c4c(=O)n3-c3ccccc3)c12. The fourth-order valence-electron chi connectivity index (χ4n) is 4.61.